The van der Waals surface area contributed by atoms with Gasteiger partial charge in [-0.25, -0.2) is 4.79 Å². The number of nitrogens with one attached hydrogen (secondary N) is 9. The van der Waals surface area contributed by atoms with Crippen LogP contribution in [0.4, 0.5) is 0 Å². The minimum absolute atomic E-state index is 0.0919. The number of aromatic nitrogens is 1. The molecule has 24 nitrogen and oxygen atoms in total. The van der Waals surface area contributed by atoms with Gasteiger partial charge in [-0.3, -0.25) is 43.2 Å². The summed E-state index contributed by atoms with van der Waals surface area (Å²) in [5.74, 6) is -11.8. The summed E-state index contributed by atoms with van der Waals surface area (Å²) in [7, 11) is 0. The Morgan fingerprint density at radius 2 is 1.11 bits per heavy atom. The van der Waals surface area contributed by atoms with Crippen LogP contribution in [0.3, 0.4) is 0 Å². The van der Waals surface area contributed by atoms with Crippen LogP contribution in [0, 0.1) is 5.92 Å². The average molecular weight is 927 g/mol. The summed E-state index contributed by atoms with van der Waals surface area (Å²) < 4.78 is 0. The van der Waals surface area contributed by atoms with E-state index in [9.17, 15) is 68.4 Å². The topological polar surface area (TPSA) is 390 Å². The summed E-state index contributed by atoms with van der Waals surface area (Å²) in [6, 6.07) is -3.82. The first kappa shape index (κ1) is 53.2. The number of aromatic amines is 1. The predicted molar refractivity (Wildman–Crippen MR) is 229 cm³/mol. The summed E-state index contributed by atoms with van der Waals surface area (Å²) in [6.07, 6.45) is 0.466. The zero-order chi connectivity index (χ0) is 47.4. The molecule has 0 saturated carbocycles. The second-order valence-electron chi connectivity index (χ2n) is 14.3. The molecule has 0 radical (unpaired) electrons. The van der Waals surface area contributed by atoms with Gasteiger partial charge in [0, 0.05) is 35.0 Å². The molecule has 26 heteroatoms. The molecule has 15 N–H and O–H groups in total. The standard InChI is InChI=1S/C37H54N10O14S2/c1-17(2)7-23(37(60)61)45-35(58)26(15-62)42-29(51)12-40-31(54)22(9-30(52)53)44-36(59)27(16-63)47-34(57)25(14-49)46-32(55)21(43-33(56)24(13-48)41-28(50)10-38)8-18-11-39-20-6-4-3-5-19(18)20/h3-6,11,17,21-27,39,48-49,62-63H,7-10,12-16,38H2,1-2H3,(H,40,54)(H,41,50)(H,42,51)(H,43,56)(H,44,59)(H,45,58)(H,46,55)(H,47,57)(H,52,53)(H,60,61)/t21-,22-,23-,24-,25-,26-,27-/m0/s1. The molecule has 8 amide bonds. The third-order valence-corrected chi connectivity index (χ3v) is 9.70. The van der Waals surface area contributed by atoms with Crippen LogP contribution in [0.1, 0.15) is 32.3 Å². The summed E-state index contributed by atoms with van der Waals surface area (Å²) >= 11 is 8.06. The smallest absolute Gasteiger partial charge is 0.326 e. The first-order valence-electron chi connectivity index (χ1n) is 19.3. The van der Waals surface area contributed by atoms with Gasteiger partial charge in [-0.15, -0.1) is 0 Å². The second-order valence-corrected chi connectivity index (χ2v) is 15.1. The van der Waals surface area contributed by atoms with Gasteiger partial charge in [-0.1, -0.05) is 32.0 Å². The summed E-state index contributed by atoms with van der Waals surface area (Å²) in [5, 5.41) is 57.4. The molecule has 2 rings (SSSR count). The third-order valence-electron chi connectivity index (χ3n) is 8.97. The molecule has 0 fully saturated rings. The van der Waals surface area contributed by atoms with Gasteiger partial charge in [-0.2, -0.15) is 25.3 Å². The quantitative estimate of drug-likeness (QED) is 0.0372. The van der Waals surface area contributed by atoms with Crippen LogP contribution in [0.5, 0.6) is 0 Å². The van der Waals surface area contributed by atoms with Crippen LogP contribution in [0.2, 0.25) is 0 Å². The Morgan fingerprint density at radius 3 is 1.65 bits per heavy atom. The number of aliphatic hydroxyl groups is 2. The minimum Gasteiger partial charge on any atom is -0.481 e. The molecule has 1 aromatic carbocycles. The van der Waals surface area contributed by atoms with Crippen LogP contribution in [0.15, 0.2) is 30.5 Å². The highest BCUT2D eigenvalue weighted by Crippen LogP contribution is 2.19. The number of nitrogens with two attached hydrogens (primary N) is 1. The van der Waals surface area contributed by atoms with Crippen molar-refractivity contribution < 1.29 is 68.4 Å². The average Bonchev–Trinajstić information content (AvgIpc) is 3.65. The van der Waals surface area contributed by atoms with E-state index in [0.29, 0.717) is 16.5 Å². The van der Waals surface area contributed by atoms with E-state index < -0.39 is 140 Å². The molecule has 0 spiro atoms. The van der Waals surface area contributed by atoms with Crippen molar-refractivity contribution in [3.8, 4) is 0 Å². The van der Waals surface area contributed by atoms with Crippen LogP contribution in [-0.4, -0.2) is 165 Å². The third kappa shape index (κ3) is 17.4. The number of rotatable bonds is 27. The van der Waals surface area contributed by atoms with Crippen molar-refractivity contribution in [1.82, 2.24) is 47.5 Å². The first-order valence-corrected chi connectivity index (χ1v) is 20.6. The number of thiol groups is 2. The largest absolute Gasteiger partial charge is 0.481 e. The van der Waals surface area contributed by atoms with Gasteiger partial charge in [-0.05, 0) is 24.0 Å². The zero-order valence-electron chi connectivity index (χ0n) is 34.2. The molecule has 0 aliphatic heterocycles. The monoisotopic (exact) mass is 926 g/mol. The van der Waals surface area contributed by atoms with E-state index in [1.54, 1.807) is 44.3 Å². The molecule has 1 aromatic heterocycles. The molecule has 0 aliphatic carbocycles. The lowest BCUT2D eigenvalue weighted by Crippen LogP contribution is -2.61. The fourth-order valence-corrected chi connectivity index (χ4v) is 6.25. The van der Waals surface area contributed by atoms with Crippen LogP contribution in [-0.2, 0) is 54.4 Å². The highest BCUT2D eigenvalue weighted by molar-refractivity contribution is 7.80. The number of carboxylic acid groups (broad SMARTS) is 2. The molecule has 7 atom stereocenters. The van der Waals surface area contributed by atoms with E-state index in [-0.39, 0.29) is 24.5 Å². The van der Waals surface area contributed by atoms with E-state index in [0.717, 1.165) is 0 Å². The maximum atomic E-state index is 13.7. The molecule has 2 aromatic rings. The van der Waals surface area contributed by atoms with Gasteiger partial charge in [0.2, 0.25) is 47.3 Å². The number of para-hydroxylation sites is 1. The summed E-state index contributed by atoms with van der Waals surface area (Å²) in [5.41, 5.74) is 6.52. The van der Waals surface area contributed by atoms with E-state index in [4.69, 9.17) is 5.73 Å². The Bertz CT molecular complexity index is 1970. The van der Waals surface area contributed by atoms with Gasteiger partial charge in [0.25, 0.3) is 0 Å². The SMILES string of the molecule is CC(C)C[C@H](NC(=O)[C@H](CS)NC(=O)CNC(=O)[C@H](CC(=O)O)NC(=O)[C@H](CS)NC(=O)[C@H](CO)NC(=O)[C@H](Cc1c[nH]c2ccccc12)NC(=O)[C@H](CO)NC(=O)CN)C(=O)O. The molecule has 1 heterocycles. The number of benzene rings is 1. The number of aliphatic carboxylic acids is 2. The number of H-pyrrole nitrogens is 1. The van der Waals surface area contributed by atoms with Crippen molar-refractivity contribution >= 4 is 95.4 Å². The van der Waals surface area contributed by atoms with Crippen LogP contribution < -0.4 is 48.3 Å². The molecular weight excluding hydrogens is 873 g/mol. The Balaban J connectivity index is 2.15. The Kier molecular flexibility index (Phi) is 22.4. The molecule has 63 heavy (non-hydrogen) atoms. The number of carbonyl (C=O) groups is 10. The molecular formula is C37H54N10O14S2. The zero-order valence-corrected chi connectivity index (χ0v) is 36.0. The van der Waals surface area contributed by atoms with Gasteiger partial charge < -0.3 is 73.7 Å². The molecule has 0 saturated heterocycles. The number of aliphatic hydroxyl groups excluding tert-OH is 2. The highest BCUT2D eigenvalue weighted by atomic mass is 32.1. The highest BCUT2D eigenvalue weighted by Gasteiger charge is 2.33. The Morgan fingerprint density at radius 1 is 0.635 bits per heavy atom. The Hall–Kier alpha value is -5.96. The lowest BCUT2D eigenvalue weighted by atomic mass is 10.0. The number of hydrogen-bond donors (Lipinski definition) is 16. The van der Waals surface area contributed by atoms with Crippen molar-refractivity contribution in [2.24, 2.45) is 11.7 Å². The first-order chi connectivity index (χ1) is 29.8. The second kappa shape index (κ2) is 26.5. The van der Waals surface area contributed by atoms with Gasteiger partial charge in [0.1, 0.15) is 42.3 Å². The lowest BCUT2D eigenvalue weighted by Gasteiger charge is -2.26. The molecule has 348 valence electrons. The summed E-state index contributed by atoms with van der Waals surface area (Å²) in [6.45, 7) is 0.242. The predicted octanol–water partition coefficient (Wildman–Crippen LogP) is -5.37. The van der Waals surface area contributed by atoms with Crippen molar-refractivity contribution in [1.29, 1.82) is 0 Å². The number of amides is 8. The van der Waals surface area contributed by atoms with E-state index in [1.807, 2.05) is 0 Å². The normalized spacial score (nSPS) is 14.3. The summed E-state index contributed by atoms with van der Waals surface area (Å²) in [4.78, 5) is 130. The van der Waals surface area contributed by atoms with Crippen molar-refractivity contribution in [3.63, 3.8) is 0 Å². The van der Waals surface area contributed by atoms with Crippen molar-refractivity contribution in [3.05, 3.63) is 36.0 Å². The van der Waals surface area contributed by atoms with Crippen LogP contribution in [0.25, 0.3) is 10.9 Å². The number of carboxylic acids is 2. The van der Waals surface area contributed by atoms with E-state index in [2.05, 4.69) is 72.8 Å². The van der Waals surface area contributed by atoms with Crippen LogP contribution >= 0.6 is 25.3 Å². The fraction of sp³-hybridized carbons (Fsp3) is 0.514. The van der Waals surface area contributed by atoms with Gasteiger partial charge >= 0.3 is 11.9 Å². The number of fused-ring (bicyclic) bond motifs is 1. The number of hydrogen-bond acceptors (Lipinski definition) is 15. The lowest BCUT2D eigenvalue weighted by molar-refractivity contribution is -0.142. The van der Waals surface area contributed by atoms with Gasteiger partial charge in [0.05, 0.1) is 32.7 Å². The van der Waals surface area contributed by atoms with E-state index >= 15 is 0 Å². The van der Waals surface area contributed by atoms with Gasteiger partial charge in [0.15, 0.2) is 0 Å². The molecule has 0 bridgehead atoms. The molecule has 0 aliphatic rings. The number of carbonyl (C=O) groups excluding carboxylic acids is 8. The maximum Gasteiger partial charge on any atom is 0.326 e. The van der Waals surface area contributed by atoms with Crippen molar-refractivity contribution in [2.75, 3.05) is 37.8 Å². The Labute approximate surface area is 371 Å². The van der Waals surface area contributed by atoms with E-state index in [1.165, 1.54) is 0 Å². The maximum absolute atomic E-state index is 13.7. The fourth-order valence-electron chi connectivity index (χ4n) is 5.73. The van der Waals surface area contributed by atoms with Crippen molar-refractivity contribution in [2.45, 2.75) is 75.4 Å². The minimum atomic E-state index is -1.84. The molecule has 0 unspecified atom stereocenters.